The Morgan fingerprint density at radius 3 is 2.50 bits per heavy atom. The SMILES string of the molecule is CCCCC(C(=O)Nc1ccccc1)N(C)S(=O)(=O)c1cc(Br)c(C)cc1F. The Balaban J connectivity index is 2.36. The highest BCUT2D eigenvalue weighted by atomic mass is 79.9. The second-order valence-electron chi connectivity index (χ2n) is 6.57. The number of hydrogen-bond acceptors (Lipinski definition) is 3. The molecule has 2 rings (SSSR count). The van der Waals surface area contributed by atoms with E-state index in [1.54, 1.807) is 31.2 Å². The van der Waals surface area contributed by atoms with Gasteiger partial charge in [-0.25, -0.2) is 12.8 Å². The molecule has 0 saturated carbocycles. The molecule has 152 valence electrons. The summed E-state index contributed by atoms with van der Waals surface area (Å²) in [4.78, 5) is 12.4. The lowest BCUT2D eigenvalue weighted by Crippen LogP contribution is -2.45. The minimum Gasteiger partial charge on any atom is -0.325 e. The van der Waals surface area contributed by atoms with E-state index in [4.69, 9.17) is 0 Å². The number of unbranched alkanes of at least 4 members (excludes halogenated alkanes) is 1. The first-order valence-corrected chi connectivity index (χ1v) is 11.2. The second-order valence-corrected chi connectivity index (χ2v) is 9.39. The number of anilines is 1. The van der Waals surface area contributed by atoms with E-state index >= 15 is 0 Å². The van der Waals surface area contributed by atoms with Crippen LogP contribution in [0, 0.1) is 12.7 Å². The number of benzene rings is 2. The van der Waals surface area contributed by atoms with Gasteiger partial charge in [-0.1, -0.05) is 53.9 Å². The van der Waals surface area contributed by atoms with Crippen molar-refractivity contribution >= 4 is 37.5 Å². The molecule has 1 N–H and O–H groups in total. The highest BCUT2D eigenvalue weighted by Gasteiger charge is 2.34. The minimum atomic E-state index is -4.21. The number of carbonyl (C=O) groups excluding carboxylic acids is 1. The van der Waals surface area contributed by atoms with Crippen molar-refractivity contribution in [3.05, 3.63) is 58.3 Å². The van der Waals surface area contributed by atoms with Gasteiger partial charge in [-0.15, -0.1) is 0 Å². The molecule has 0 saturated heterocycles. The lowest BCUT2D eigenvalue weighted by atomic mass is 10.1. The summed E-state index contributed by atoms with van der Waals surface area (Å²) in [5, 5.41) is 2.74. The summed E-state index contributed by atoms with van der Waals surface area (Å²) in [5.74, 6) is -1.29. The van der Waals surface area contributed by atoms with Crippen LogP contribution in [0.25, 0.3) is 0 Å². The van der Waals surface area contributed by atoms with Gasteiger partial charge in [0.25, 0.3) is 0 Å². The molecule has 8 heteroatoms. The highest BCUT2D eigenvalue weighted by Crippen LogP contribution is 2.27. The maximum absolute atomic E-state index is 14.4. The molecule has 0 fully saturated rings. The molecule has 0 heterocycles. The molecule has 2 aromatic carbocycles. The first kappa shape index (κ1) is 22.5. The zero-order valence-electron chi connectivity index (χ0n) is 16.1. The number of aryl methyl sites for hydroxylation is 1. The summed E-state index contributed by atoms with van der Waals surface area (Å²) in [7, 11) is -2.90. The highest BCUT2D eigenvalue weighted by molar-refractivity contribution is 9.10. The number of likely N-dealkylation sites (N-methyl/N-ethyl adjacent to an activating group) is 1. The van der Waals surface area contributed by atoms with Gasteiger partial charge in [0.1, 0.15) is 16.8 Å². The predicted octanol–water partition coefficient (Wildman–Crippen LogP) is 4.71. The van der Waals surface area contributed by atoms with Gasteiger partial charge in [-0.2, -0.15) is 4.31 Å². The van der Waals surface area contributed by atoms with E-state index in [1.807, 2.05) is 13.0 Å². The van der Waals surface area contributed by atoms with Gasteiger partial charge >= 0.3 is 0 Å². The van der Waals surface area contributed by atoms with E-state index in [2.05, 4.69) is 21.2 Å². The Bertz CT molecular complexity index is 936. The standard InChI is InChI=1S/C20H24BrFN2O3S/c1-4-5-11-18(20(25)23-15-9-7-6-8-10-15)24(3)28(26,27)19-13-16(21)14(2)12-17(19)22/h6-10,12-13,18H,4-5,11H2,1-3H3,(H,23,25). The number of carbonyl (C=O) groups is 1. The molecule has 5 nitrogen and oxygen atoms in total. The lowest BCUT2D eigenvalue weighted by molar-refractivity contribution is -0.119. The average molecular weight is 471 g/mol. The van der Waals surface area contributed by atoms with Crippen molar-refractivity contribution in [3.8, 4) is 0 Å². The molecular weight excluding hydrogens is 447 g/mol. The third-order valence-corrected chi connectivity index (χ3v) is 7.22. The lowest BCUT2D eigenvalue weighted by Gasteiger charge is -2.27. The summed E-state index contributed by atoms with van der Waals surface area (Å²) < 4.78 is 42.0. The maximum Gasteiger partial charge on any atom is 0.246 e. The quantitative estimate of drug-likeness (QED) is 0.606. The summed E-state index contributed by atoms with van der Waals surface area (Å²) in [6, 6.07) is 10.3. The van der Waals surface area contributed by atoms with E-state index in [1.165, 1.54) is 13.1 Å². The predicted molar refractivity (Wildman–Crippen MR) is 112 cm³/mol. The number of rotatable bonds is 8. The summed E-state index contributed by atoms with van der Waals surface area (Å²) in [6.07, 6.45) is 1.79. The van der Waals surface area contributed by atoms with Crippen molar-refractivity contribution < 1.29 is 17.6 Å². The molecule has 0 aliphatic rings. The number of amides is 1. The third kappa shape index (κ3) is 5.18. The third-order valence-electron chi connectivity index (χ3n) is 4.48. The van der Waals surface area contributed by atoms with Gasteiger partial charge in [0.05, 0.1) is 0 Å². The van der Waals surface area contributed by atoms with Crippen LogP contribution < -0.4 is 5.32 Å². The topological polar surface area (TPSA) is 66.5 Å². The van der Waals surface area contributed by atoms with Crippen molar-refractivity contribution in [2.75, 3.05) is 12.4 Å². The Labute approximate surface area is 174 Å². The van der Waals surface area contributed by atoms with Gasteiger partial charge in [0.15, 0.2) is 0 Å². The summed E-state index contributed by atoms with van der Waals surface area (Å²) in [5.41, 5.74) is 1.16. The zero-order valence-corrected chi connectivity index (χ0v) is 18.5. The number of hydrogen-bond donors (Lipinski definition) is 1. The van der Waals surface area contributed by atoms with Crippen molar-refractivity contribution in [3.63, 3.8) is 0 Å². The molecule has 0 spiro atoms. The van der Waals surface area contributed by atoms with Crippen molar-refractivity contribution in [2.45, 2.75) is 44.0 Å². The zero-order chi connectivity index (χ0) is 20.9. The molecule has 0 aliphatic heterocycles. The summed E-state index contributed by atoms with van der Waals surface area (Å²) in [6.45, 7) is 3.63. The Morgan fingerprint density at radius 1 is 1.25 bits per heavy atom. The first-order chi connectivity index (χ1) is 13.2. The fourth-order valence-corrected chi connectivity index (χ4v) is 4.68. The van der Waals surface area contributed by atoms with Gasteiger partial charge in [0, 0.05) is 17.2 Å². The molecule has 2 aromatic rings. The van der Waals surface area contributed by atoms with Gasteiger partial charge < -0.3 is 5.32 Å². The average Bonchev–Trinajstić information content (AvgIpc) is 2.65. The fourth-order valence-electron chi connectivity index (χ4n) is 2.77. The monoisotopic (exact) mass is 470 g/mol. The minimum absolute atomic E-state index is 0.333. The largest absolute Gasteiger partial charge is 0.325 e. The number of para-hydroxylation sites is 1. The van der Waals surface area contributed by atoms with Gasteiger partial charge in [0.2, 0.25) is 15.9 Å². The van der Waals surface area contributed by atoms with Crippen molar-refractivity contribution in [2.24, 2.45) is 0 Å². The van der Waals surface area contributed by atoms with Crippen LogP contribution in [0.2, 0.25) is 0 Å². The molecular formula is C20H24BrFN2O3S. The maximum atomic E-state index is 14.4. The first-order valence-electron chi connectivity index (χ1n) is 8.98. The normalized spacial score (nSPS) is 12.8. The van der Waals surface area contributed by atoms with Crippen molar-refractivity contribution in [1.29, 1.82) is 0 Å². The van der Waals surface area contributed by atoms with E-state index in [0.717, 1.165) is 16.8 Å². The second kappa shape index (κ2) is 9.62. The molecule has 0 radical (unpaired) electrons. The number of halogens is 2. The molecule has 1 amide bonds. The van der Waals surface area contributed by atoms with Gasteiger partial charge in [-0.3, -0.25) is 4.79 Å². The van der Waals surface area contributed by atoms with Crippen LogP contribution in [0.1, 0.15) is 31.7 Å². The Morgan fingerprint density at radius 2 is 1.89 bits per heavy atom. The van der Waals surface area contributed by atoms with Crippen LogP contribution in [0.3, 0.4) is 0 Å². The van der Waals surface area contributed by atoms with Gasteiger partial charge in [-0.05, 0) is 43.2 Å². The number of sulfonamides is 1. The summed E-state index contributed by atoms with van der Waals surface area (Å²) >= 11 is 3.25. The van der Waals surface area contributed by atoms with E-state index in [0.29, 0.717) is 28.6 Å². The fraction of sp³-hybridized carbons (Fsp3) is 0.350. The number of nitrogens with zero attached hydrogens (tertiary/aromatic N) is 1. The molecule has 1 unspecified atom stereocenters. The molecule has 28 heavy (non-hydrogen) atoms. The smallest absolute Gasteiger partial charge is 0.246 e. The molecule has 0 bridgehead atoms. The van der Waals surface area contributed by atoms with Crippen LogP contribution in [-0.4, -0.2) is 31.7 Å². The van der Waals surface area contributed by atoms with Crippen LogP contribution in [0.5, 0.6) is 0 Å². The van der Waals surface area contributed by atoms with Crippen LogP contribution in [0.4, 0.5) is 10.1 Å². The van der Waals surface area contributed by atoms with Crippen LogP contribution in [0.15, 0.2) is 51.8 Å². The Hall–Kier alpha value is -1.77. The van der Waals surface area contributed by atoms with E-state index in [-0.39, 0.29) is 0 Å². The molecule has 0 aliphatic carbocycles. The van der Waals surface area contributed by atoms with Crippen LogP contribution >= 0.6 is 15.9 Å². The molecule has 0 aromatic heterocycles. The van der Waals surface area contributed by atoms with Crippen LogP contribution in [-0.2, 0) is 14.8 Å². The Kier molecular flexibility index (Phi) is 7.74. The number of nitrogens with one attached hydrogen (secondary N) is 1. The van der Waals surface area contributed by atoms with E-state index < -0.39 is 32.7 Å². The van der Waals surface area contributed by atoms with Crippen molar-refractivity contribution in [1.82, 2.24) is 4.31 Å². The van der Waals surface area contributed by atoms with E-state index in [9.17, 15) is 17.6 Å². The molecule has 1 atom stereocenters.